The van der Waals surface area contributed by atoms with Gasteiger partial charge < -0.3 is 14.2 Å². The zero-order valence-electron chi connectivity index (χ0n) is 19.3. The molecule has 0 radical (unpaired) electrons. The van der Waals surface area contributed by atoms with Gasteiger partial charge >= 0.3 is 6.18 Å². The third-order valence-electron chi connectivity index (χ3n) is 7.76. The molecule has 2 aliphatic carbocycles. The highest BCUT2D eigenvalue weighted by molar-refractivity contribution is 7.90. The summed E-state index contributed by atoms with van der Waals surface area (Å²) in [5.74, 6) is 0. The van der Waals surface area contributed by atoms with Crippen LogP contribution in [0.15, 0.2) is 60.7 Å². The molecule has 0 bridgehead atoms. The molecule has 2 atom stereocenters. The summed E-state index contributed by atoms with van der Waals surface area (Å²) in [4.78, 5) is 0. The molecule has 34 heavy (non-hydrogen) atoms. The Balaban J connectivity index is 2.06. The van der Waals surface area contributed by atoms with Gasteiger partial charge in [0.05, 0.1) is 0 Å². The van der Waals surface area contributed by atoms with Crippen molar-refractivity contribution in [2.24, 2.45) is 0 Å². The molecule has 0 saturated heterocycles. The van der Waals surface area contributed by atoms with Crippen LogP contribution in [-0.2, 0) is 9.13 Å². The van der Waals surface area contributed by atoms with E-state index in [1.807, 2.05) is 0 Å². The molecule has 0 aromatic heterocycles. The van der Waals surface area contributed by atoms with E-state index in [-0.39, 0.29) is 10.6 Å². The Bertz CT molecular complexity index is 968. The van der Waals surface area contributed by atoms with Crippen LogP contribution < -0.4 is 10.6 Å². The van der Waals surface area contributed by atoms with E-state index < -0.39 is 36.9 Å². The van der Waals surface area contributed by atoms with Crippen molar-refractivity contribution in [3.05, 3.63) is 60.7 Å². The van der Waals surface area contributed by atoms with Crippen LogP contribution >= 0.6 is 14.3 Å². The van der Waals surface area contributed by atoms with Crippen molar-refractivity contribution < 1.29 is 27.4 Å². The largest absolute Gasteiger partial charge is 0.432 e. The topological polar surface area (TPSA) is 54.4 Å². The SMILES string of the molecule is O=P(c1ccccc1)(C1CCCCC1)C(O)(C(F)(F)F)P(=O)(c1ccccc1)C1CCCCC1. The number of rotatable bonds is 6. The first kappa shape index (κ1) is 25.7. The third-order valence-corrected chi connectivity index (χ3v) is 17.1. The molecule has 2 fully saturated rings. The fourth-order valence-electron chi connectivity index (χ4n) is 6.08. The molecule has 0 spiro atoms. The number of halogens is 3. The van der Waals surface area contributed by atoms with Gasteiger partial charge in [-0.05, 0) is 25.7 Å². The van der Waals surface area contributed by atoms with Gasteiger partial charge in [-0.1, -0.05) is 99.2 Å². The first-order valence-corrected chi connectivity index (χ1v) is 15.8. The Morgan fingerprint density at radius 1 is 0.618 bits per heavy atom. The van der Waals surface area contributed by atoms with E-state index in [9.17, 15) is 5.11 Å². The van der Waals surface area contributed by atoms with E-state index in [1.165, 1.54) is 24.3 Å². The van der Waals surface area contributed by atoms with Crippen LogP contribution in [0.5, 0.6) is 0 Å². The van der Waals surface area contributed by atoms with E-state index in [2.05, 4.69) is 0 Å². The van der Waals surface area contributed by atoms with Crippen LogP contribution in [0.4, 0.5) is 13.2 Å². The Hall–Kier alpha value is -1.35. The van der Waals surface area contributed by atoms with Crippen LogP contribution in [0.1, 0.15) is 64.2 Å². The quantitative estimate of drug-likeness (QED) is 0.415. The second kappa shape index (κ2) is 9.96. The van der Waals surface area contributed by atoms with Gasteiger partial charge in [-0.25, -0.2) is 0 Å². The minimum atomic E-state index is -5.33. The van der Waals surface area contributed by atoms with Crippen molar-refractivity contribution in [1.29, 1.82) is 0 Å². The van der Waals surface area contributed by atoms with Crippen molar-refractivity contribution in [3.63, 3.8) is 0 Å². The summed E-state index contributed by atoms with van der Waals surface area (Å²) in [5.41, 5.74) is -1.73. The average molecular weight is 512 g/mol. The zero-order valence-corrected chi connectivity index (χ0v) is 21.1. The van der Waals surface area contributed by atoms with Crippen LogP contribution in [0, 0.1) is 0 Å². The second-order valence-electron chi connectivity index (χ2n) is 9.70. The zero-order chi connectivity index (χ0) is 24.5. The number of aliphatic hydroxyl groups is 1. The minimum absolute atomic E-state index is 0.0197. The van der Waals surface area contributed by atoms with Crippen molar-refractivity contribution in [2.75, 3.05) is 0 Å². The molecule has 2 aromatic rings. The van der Waals surface area contributed by atoms with Gasteiger partial charge in [0.2, 0.25) is 0 Å². The summed E-state index contributed by atoms with van der Waals surface area (Å²) in [6, 6.07) is 15.2. The van der Waals surface area contributed by atoms with Crippen LogP contribution in [0.3, 0.4) is 0 Å². The molecule has 2 aliphatic rings. The molecule has 3 nitrogen and oxygen atoms in total. The Morgan fingerprint density at radius 2 is 0.941 bits per heavy atom. The van der Waals surface area contributed by atoms with Gasteiger partial charge in [0.1, 0.15) is 0 Å². The van der Waals surface area contributed by atoms with Crippen LogP contribution in [-0.4, -0.2) is 27.7 Å². The molecule has 8 heteroatoms. The third kappa shape index (κ3) is 4.04. The molecule has 1 N–H and O–H groups in total. The Kier molecular flexibility index (Phi) is 7.54. The standard InChI is InChI=1S/C26H33F3O3P2/c27-25(28,29)26(30,33(31,21-13-5-1-6-14-21)22-15-7-2-8-16-22)34(32,23-17-9-3-10-18-23)24-19-11-4-12-20-24/h1,3,5-6,9-10,13-14,17-18,22,24,30H,2,4,7-8,11-12,15-16,19-20H2. The van der Waals surface area contributed by atoms with Gasteiger partial charge in [-0.15, -0.1) is 0 Å². The molecule has 2 saturated carbocycles. The van der Waals surface area contributed by atoms with Crippen molar-refractivity contribution in [2.45, 2.75) is 86.8 Å². The monoisotopic (exact) mass is 512 g/mol. The predicted octanol–water partition coefficient (Wildman–Crippen LogP) is 7.24. The molecule has 0 aliphatic heterocycles. The van der Waals surface area contributed by atoms with Gasteiger partial charge in [0.25, 0.3) is 5.08 Å². The lowest BCUT2D eigenvalue weighted by Gasteiger charge is -2.49. The van der Waals surface area contributed by atoms with Gasteiger partial charge in [0.15, 0.2) is 14.3 Å². The maximum atomic E-state index is 15.4. The second-order valence-corrected chi connectivity index (χ2v) is 16.5. The van der Waals surface area contributed by atoms with Gasteiger partial charge in [0, 0.05) is 21.9 Å². The predicted molar refractivity (Wildman–Crippen MR) is 132 cm³/mol. The summed E-state index contributed by atoms with van der Waals surface area (Å²) in [5, 5.41) is 8.29. The number of alkyl halides is 3. The molecule has 0 heterocycles. The summed E-state index contributed by atoms with van der Waals surface area (Å²) < 4.78 is 76.5. The smallest absolute Gasteiger partial charge is 0.367 e. The fourth-order valence-corrected chi connectivity index (χ4v) is 16.3. The van der Waals surface area contributed by atoms with Crippen molar-refractivity contribution in [1.82, 2.24) is 0 Å². The van der Waals surface area contributed by atoms with E-state index >= 15 is 22.3 Å². The summed E-state index contributed by atoms with van der Waals surface area (Å²) >= 11 is 0. The lowest BCUT2D eigenvalue weighted by molar-refractivity contribution is -0.194. The maximum Gasteiger partial charge on any atom is 0.432 e. The number of benzene rings is 2. The summed E-state index contributed by atoms with van der Waals surface area (Å²) in [7, 11) is -9.35. The summed E-state index contributed by atoms with van der Waals surface area (Å²) in [6.07, 6.45) is 0.260. The molecule has 2 unspecified atom stereocenters. The van der Waals surface area contributed by atoms with E-state index in [0.717, 1.165) is 12.8 Å². The van der Waals surface area contributed by atoms with Crippen LogP contribution in [0.2, 0.25) is 0 Å². The molecular formula is C26H33F3O3P2. The van der Waals surface area contributed by atoms with Crippen molar-refractivity contribution in [3.8, 4) is 0 Å². The number of hydrogen-bond donors (Lipinski definition) is 1. The molecule has 186 valence electrons. The lowest BCUT2D eigenvalue weighted by atomic mass is 10.0. The highest BCUT2D eigenvalue weighted by Gasteiger charge is 2.77. The van der Waals surface area contributed by atoms with Gasteiger partial charge in [-0.3, -0.25) is 0 Å². The maximum absolute atomic E-state index is 15.4. The average Bonchev–Trinajstić information content (AvgIpc) is 2.88. The van der Waals surface area contributed by atoms with Crippen LogP contribution in [0.25, 0.3) is 0 Å². The molecule has 4 rings (SSSR count). The van der Waals surface area contributed by atoms with E-state index in [0.29, 0.717) is 51.4 Å². The first-order valence-electron chi connectivity index (χ1n) is 12.3. The Labute approximate surface area is 199 Å². The van der Waals surface area contributed by atoms with Crippen molar-refractivity contribution >= 4 is 24.9 Å². The van der Waals surface area contributed by atoms with E-state index in [1.54, 1.807) is 36.4 Å². The molecular weight excluding hydrogens is 479 g/mol. The van der Waals surface area contributed by atoms with E-state index in [4.69, 9.17) is 0 Å². The Morgan fingerprint density at radius 3 is 1.24 bits per heavy atom. The van der Waals surface area contributed by atoms with Gasteiger partial charge in [-0.2, -0.15) is 13.2 Å². The molecule has 2 aromatic carbocycles. The lowest BCUT2D eigenvalue weighted by Crippen LogP contribution is -2.53. The normalized spacial score (nSPS) is 24.0. The summed E-state index contributed by atoms with van der Waals surface area (Å²) in [6.45, 7) is 0. The first-order chi connectivity index (χ1) is 16.2. The highest BCUT2D eigenvalue weighted by Crippen LogP contribution is 2.83. The fraction of sp³-hybridized carbons (Fsp3) is 0.538. The minimum Gasteiger partial charge on any atom is -0.367 e. The molecule has 0 amide bonds. The highest BCUT2D eigenvalue weighted by atomic mass is 31.2. The number of hydrogen-bond acceptors (Lipinski definition) is 3.